The maximum absolute atomic E-state index is 13.0. The summed E-state index contributed by atoms with van der Waals surface area (Å²) in [5.74, 6) is -1.02. The molecule has 13 heteroatoms. The van der Waals surface area contributed by atoms with E-state index in [-0.39, 0.29) is 23.3 Å². The molecule has 0 spiro atoms. The molecule has 150 valence electrons. The van der Waals surface area contributed by atoms with E-state index in [2.05, 4.69) is 9.97 Å². The zero-order valence-corrected chi connectivity index (χ0v) is 15.0. The number of carbonyl (C=O) groups excluding carboxylic acids is 1. The first-order valence-corrected chi connectivity index (χ1v) is 9.58. The number of rotatable bonds is 4. The zero-order chi connectivity index (χ0) is 20.9. The molecule has 0 saturated heterocycles. The molecular weight excluding hydrogens is 406 g/mol. The summed E-state index contributed by atoms with van der Waals surface area (Å²) in [6, 6.07) is 2.44. The highest BCUT2D eigenvalue weighted by Crippen LogP contribution is 2.40. The first-order valence-electron chi connectivity index (χ1n) is 7.78. The van der Waals surface area contributed by atoms with E-state index >= 15 is 0 Å². The lowest BCUT2D eigenvalue weighted by molar-refractivity contribution is -0.137. The number of H-pyrrole nitrogens is 1. The number of aromatic amines is 1. The quantitative estimate of drug-likeness (QED) is 0.435. The second-order valence-corrected chi connectivity index (χ2v) is 7.44. The normalized spacial score (nSPS) is 12.6. The number of alkyl halides is 3. The van der Waals surface area contributed by atoms with Crippen molar-refractivity contribution in [2.45, 2.75) is 19.3 Å². The number of esters is 1. The summed E-state index contributed by atoms with van der Waals surface area (Å²) in [6.45, 7) is 1.44. The van der Waals surface area contributed by atoms with Crippen molar-refractivity contribution in [2.75, 3.05) is 6.61 Å². The van der Waals surface area contributed by atoms with Crippen molar-refractivity contribution >= 4 is 30.2 Å². The summed E-state index contributed by atoms with van der Waals surface area (Å²) in [5.41, 5.74) is -3.47. The molecule has 3 N–H and O–H groups in total. The summed E-state index contributed by atoms with van der Waals surface area (Å²) < 4.78 is 56.2. The van der Waals surface area contributed by atoms with Crippen LogP contribution in [0.5, 0.6) is 0 Å². The fraction of sp³-hybridized carbons (Fsp3) is 0.267. The number of imidazole rings is 1. The molecule has 0 aliphatic rings. The van der Waals surface area contributed by atoms with E-state index in [0.29, 0.717) is 6.07 Å². The van der Waals surface area contributed by atoms with Gasteiger partial charge in [0.05, 0.1) is 35.1 Å². The van der Waals surface area contributed by atoms with Crippen LogP contribution in [0, 0.1) is 0 Å². The van der Waals surface area contributed by atoms with Gasteiger partial charge in [-0.2, -0.15) is 13.2 Å². The summed E-state index contributed by atoms with van der Waals surface area (Å²) in [6.07, 6.45) is -5.64. The predicted octanol–water partition coefficient (Wildman–Crippen LogP) is 2.05. The van der Waals surface area contributed by atoms with Gasteiger partial charge >= 0.3 is 19.7 Å². The van der Waals surface area contributed by atoms with E-state index < -0.39 is 48.4 Å². The predicted molar refractivity (Wildman–Crippen MR) is 90.0 cm³/mol. The Bertz CT molecular complexity index is 1190. The molecule has 2 heterocycles. The van der Waals surface area contributed by atoms with Gasteiger partial charge in [-0.05, 0) is 25.1 Å². The molecule has 0 atom stereocenters. The molecule has 9 nitrogen and oxygen atoms in total. The average molecular weight is 419 g/mol. The molecular formula is C15H13F3N3O6P. The maximum Gasteiger partial charge on any atom is 0.416 e. The van der Waals surface area contributed by atoms with Gasteiger partial charge in [0.15, 0.2) is 5.69 Å². The molecule has 0 bridgehead atoms. The molecule has 2 aromatic heterocycles. The average Bonchev–Trinajstić information content (AvgIpc) is 2.92. The van der Waals surface area contributed by atoms with E-state index in [4.69, 9.17) is 4.74 Å². The Kier molecular flexibility index (Phi) is 4.82. The first kappa shape index (κ1) is 20.1. The van der Waals surface area contributed by atoms with Gasteiger partial charge < -0.3 is 19.5 Å². The number of hydrogen-bond donors (Lipinski definition) is 3. The third-order valence-electron chi connectivity index (χ3n) is 3.81. The van der Waals surface area contributed by atoms with Crippen molar-refractivity contribution in [3.8, 4) is 0 Å². The largest absolute Gasteiger partial charge is 0.461 e. The van der Waals surface area contributed by atoms with Gasteiger partial charge in [-0.15, -0.1) is 0 Å². The zero-order valence-electron chi connectivity index (χ0n) is 14.1. The van der Waals surface area contributed by atoms with Crippen LogP contribution in [-0.2, 0) is 21.6 Å². The van der Waals surface area contributed by atoms with Gasteiger partial charge in [0, 0.05) is 0 Å². The van der Waals surface area contributed by atoms with Crippen LogP contribution in [0.1, 0.15) is 28.7 Å². The van der Waals surface area contributed by atoms with Crippen LogP contribution in [0.15, 0.2) is 23.0 Å². The number of nitrogens with zero attached hydrogens (tertiary/aromatic N) is 2. The number of fused-ring (bicyclic) bond motifs is 3. The SMILES string of the molecule is CCOC(=O)c1nc2c(=O)[nH]c3cc(C(F)(F)F)ccc3n2c1CP(=O)(O)O. The Balaban J connectivity index is 2.42. The van der Waals surface area contributed by atoms with Crippen molar-refractivity contribution in [1.82, 2.24) is 14.4 Å². The molecule has 0 aliphatic heterocycles. The Hall–Kier alpha value is -2.69. The van der Waals surface area contributed by atoms with E-state index in [9.17, 15) is 37.1 Å². The summed E-state index contributed by atoms with van der Waals surface area (Å²) >= 11 is 0. The highest BCUT2D eigenvalue weighted by atomic mass is 31.2. The standard InChI is InChI=1S/C15H13F3N3O6P/c1-2-27-14(23)11-10(6-28(24,25)26)21-9-4-3-7(15(16,17)18)5-8(9)19-13(22)12(21)20-11/h3-5H,2,6H2,1H3,(H,19,22)(H2,24,25,26). The van der Waals surface area contributed by atoms with Gasteiger partial charge in [-0.3, -0.25) is 13.8 Å². The third-order valence-corrected chi connectivity index (χ3v) is 4.52. The fourth-order valence-electron chi connectivity index (χ4n) is 2.76. The number of ether oxygens (including phenoxy) is 1. The third kappa shape index (κ3) is 3.66. The van der Waals surface area contributed by atoms with Gasteiger partial charge in [-0.25, -0.2) is 9.78 Å². The van der Waals surface area contributed by atoms with Gasteiger partial charge in [0.2, 0.25) is 5.65 Å². The minimum Gasteiger partial charge on any atom is -0.461 e. The fourth-order valence-corrected chi connectivity index (χ4v) is 3.44. The van der Waals surface area contributed by atoms with Crippen LogP contribution in [0.4, 0.5) is 13.2 Å². The minimum absolute atomic E-state index is 0.0194. The Morgan fingerprint density at radius 1 is 1.36 bits per heavy atom. The summed E-state index contributed by atoms with van der Waals surface area (Å²) in [5, 5.41) is 0. The Morgan fingerprint density at radius 2 is 2.04 bits per heavy atom. The van der Waals surface area contributed by atoms with E-state index in [1.807, 2.05) is 0 Å². The Labute approximate surface area is 153 Å². The van der Waals surface area contributed by atoms with Crippen molar-refractivity contribution in [3.63, 3.8) is 0 Å². The molecule has 1 aromatic carbocycles. The van der Waals surface area contributed by atoms with Crippen LogP contribution in [0.3, 0.4) is 0 Å². The number of carbonyl (C=O) groups is 1. The Morgan fingerprint density at radius 3 is 2.61 bits per heavy atom. The molecule has 0 fully saturated rings. The number of nitrogens with one attached hydrogen (secondary N) is 1. The summed E-state index contributed by atoms with van der Waals surface area (Å²) in [4.78, 5) is 49.2. The van der Waals surface area contributed by atoms with Crippen LogP contribution >= 0.6 is 7.60 Å². The first-order chi connectivity index (χ1) is 12.9. The monoisotopic (exact) mass is 419 g/mol. The van der Waals surface area contributed by atoms with Crippen LogP contribution in [-0.4, -0.2) is 36.7 Å². The molecule has 3 rings (SSSR count). The lowest BCUT2D eigenvalue weighted by Crippen LogP contribution is -2.13. The minimum atomic E-state index is -4.73. The highest BCUT2D eigenvalue weighted by molar-refractivity contribution is 7.50. The van der Waals surface area contributed by atoms with Crippen molar-refractivity contribution < 1.29 is 37.1 Å². The maximum atomic E-state index is 13.0. The molecule has 0 radical (unpaired) electrons. The smallest absolute Gasteiger partial charge is 0.416 e. The van der Waals surface area contributed by atoms with Crippen LogP contribution in [0.25, 0.3) is 16.7 Å². The number of hydrogen-bond acceptors (Lipinski definition) is 5. The van der Waals surface area contributed by atoms with Crippen LogP contribution in [0.2, 0.25) is 0 Å². The molecule has 0 amide bonds. The van der Waals surface area contributed by atoms with E-state index in [0.717, 1.165) is 16.5 Å². The molecule has 0 unspecified atom stereocenters. The second-order valence-electron chi connectivity index (χ2n) is 5.79. The lowest BCUT2D eigenvalue weighted by Gasteiger charge is -2.11. The molecule has 0 saturated carbocycles. The topological polar surface area (TPSA) is 134 Å². The molecule has 3 aromatic rings. The number of aromatic nitrogens is 3. The van der Waals surface area contributed by atoms with Gasteiger partial charge in [0.1, 0.15) is 0 Å². The second kappa shape index (κ2) is 6.73. The number of benzene rings is 1. The van der Waals surface area contributed by atoms with Gasteiger partial charge in [-0.1, -0.05) is 0 Å². The van der Waals surface area contributed by atoms with Crippen molar-refractivity contribution in [1.29, 1.82) is 0 Å². The van der Waals surface area contributed by atoms with E-state index in [1.54, 1.807) is 0 Å². The van der Waals surface area contributed by atoms with E-state index in [1.165, 1.54) is 6.92 Å². The molecule has 28 heavy (non-hydrogen) atoms. The van der Waals surface area contributed by atoms with Crippen molar-refractivity contribution in [2.24, 2.45) is 0 Å². The van der Waals surface area contributed by atoms with Gasteiger partial charge in [0.25, 0.3) is 5.56 Å². The summed E-state index contributed by atoms with van der Waals surface area (Å²) in [7, 11) is -4.73. The lowest BCUT2D eigenvalue weighted by atomic mass is 10.2. The highest BCUT2D eigenvalue weighted by Gasteiger charge is 2.32. The number of halogens is 3. The van der Waals surface area contributed by atoms with Crippen molar-refractivity contribution in [3.05, 3.63) is 45.5 Å². The molecule has 0 aliphatic carbocycles. The van der Waals surface area contributed by atoms with Crippen LogP contribution < -0.4 is 5.56 Å².